The number of hydrogen-bond donors (Lipinski definition) is 3. The molecule has 0 saturated carbocycles. The number of rotatable bonds is 5. The predicted molar refractivity (Wildman–Crippen MR) is 70.7 cm³/mol. The Kier molecular flexibility index (Phi) is 4.52. The van der Waals surface area contributed by atoms with Crippen molar-refractivity contribution in [2.75, 3.05) is 6.54 Å². The highest BCUT2D eigenvalue weighted by Gasteiger charge is 2.23. The van der Waals surface area contributed by atoms with Crippen molar-refractivity contribution in [3.63, 3.8) is 0 Å². The molecule has 0 bridgehead atoms. The second kappa shape index (κ2) is 6.33. The van der Waals surface area contributed by atoms with Crippen molar-refractivity contribution in [1.29, 1.82) is 0 Å². The molecule has 0 saturated heterocycles. The third-order valence-electron chi connectivity index (χ3n) is 3.26. The third kappa shape index (κ3) is 3.79. The van der Waals surface area contributed by atoms with Gasteiger partial charge in [-0.2, -0.15) is 0 Å². The molecule has 5 nitrogen and oxygen atoms in total. The minimum Gasteiger partial charge on any atom is -0.481 e. The number of carboxylic acid groups (broad SMARTS) is 1. The minimum absolute atomic E-state index is 0.0557. The van der Waals surface area contributed by atoms with Gasteiger partial charge in [-0.15, -0.1) is 0 Å². The Morgan fingerprint density at radius 2 is 2.05 bits per heavy atom. The van der Waals surface area contributed by atoms with E-state index in [0.717, 1.165) is 0 Å². The Balaban J connectivity index is 1.80. The third-order valence-corrected chi connectivity index (χ3v) is 3.26. The second-order valence-corrected chi connectivity index (χ2v) is 4.69. The SMILES string of the molecule is O=C(O)CCCNC(=O)[C@H]1Cc2ccccc2CN1. The van der Waals surface area contributed by atoms with Crippen LogP contribution in [0, 0.1) is 0 Å². The van der Waals surface area contributed by atoms with E-state index in [9.17, 15) is 9.59 Å². The Morgan fingerprint density at radius 3 is 2.79 bits per heavy atom. The summed E-state index contributed by atoms with van der Waals surface area (Å²) in [5.74, 6) is -0.890. The number of fused-ring (bicyclic) bond motifs is 1. The van der Waals surface area contributed by atoms with Gasteiger partial charge in [0.15, 0.2) is 0 Å². The zero-order valence-corrected chi connectivity index (χ0v) is 10.7. The summed E-state index contributed by atoms with van der Waals surface area (Å²) in [5, 5.41) is 14.5. The molecule has 5 heteroatoms. The summed E-state index contributed by atoms with van der Waals surface area (Å²) in [6, 6.07) is 7.85. The first kappa shape index (κ1) is 13.5. The number of carboxylic acids is 1. The summed E-state index contributed by atoms with van der Waals surface area (Å²) in [7, 11) is 0. The molecule has 1 heterocycles. The Bertz CT molecular complexity index is 474. The van der Waals surface area contributed by atoms with Crippen molar-refractivity contribution in [1.82, 2.24) is 10.6 Å². The molecule has 1 aromatic carbocycles. The highest BCUT2D eigenvalue weighted by molar-refractivity contribution is 5.82. The first-order chi connectivity index (χ1) is 9.16. The van der Waals surface area contributed by atoms with Gasteiger partial charge in [-0.3, -0.25) is 9.59 Å². The van der Waals surface area contributed by atoms with Gasteiger partial charge in [0.05, 0.1) is 6.04 Å². The topological polar surface area (TPSA) is 78.4 Å². The molecule has 0 aromatic heterocycles. The number of benzene rings is 1. The molecule has 0 radical (unpaired) electrons. The van der Waals surface area contributed by atoms with Crippen LogP contribution in [0.4, 0.5) is 0 Å². The molecule has 0 aliphatic carbocycles. The van der Waals surface area contributed by atoms with Crippen LogP contribution >= 0.6 is 0 Å². The fourth-order valence-electron chi connectivity index (χ4n) is 2.21. The van der Waals surface area contributed by atoms with Gasteiger partial charge in [-0.1, -0.05) is 24.3 Å². The average molecular weight is 262 g/mol. The highest BCUT2D eigenvalue weighted by Crippen LogP contribution is 2.16. The molecule has 1 aliphatic rings. The van der Waals surface area contributed by atoms with Gasteiger partial charge in [0, 0.05) is 19.5 Å². The molecule has 2 rings (SSSR count). The van der Waals surface area contributed by atoms with E-state index < -0.39 is 5.97 Å². The number of carbonyl (C=O) groups excluding carboxylic acids is 1. The Morgan fingerprint density at radius 1 is 1.32 bits per heavy atom. The van der Waals surface area contributed by atoms with Gasteiger partial charge >= 0.3 is 5.97 Å². The van der Waals surface area contributed by atoms with E-state index in [1.165, 1.54) is 11.1 Å². The lowest BCUT2D eigenvalue weighted by Crippen LogP contribution is -2.47. The van der Waals surface area contributed by atoms with Crippen LogP contribution < -0.4 is 10.6 Å². The number of aliphatic carboxylic acids is 1. The fraction of sp³-hybridized carbons (Fsp3) is 0.429. The lowest BCUT2D eigenvalue weighted by molar-refractivity contribution is -0.137. The van der Waals surface area contributed by atoms with E-state index in [1.54, 1.807) is 0 Å². The molecule has 3 N–H and O–H groups in total. The Labute approximate surface area is 112 Å². The van der Waals surface area contributed by atoms with Crippen LogP contribution in [0.1, 0.15) is 24.0 Å². The van der Waals surface area contributed by atoms with E-state index >= 15 is 0 Å². The molecule has 1 aromatic rings. The maximum absolute atomic E-state index is 11.9. The van der Waals surface area contributed by atoms with Gasteiger partial charge in [-0.25, -0.2) is 0 Å². The summed E-state index contributed by atoms with van der Waals surface area (Å²) < 4.78 is 0. The highest BCUT2D eigenvalue weighted by atomic mass is 16.4. The van der Waals surface area contributed by atoms with Gasteiger partial charge in [0.25, 0.3) is 0 Å². The van der Waals surface area contributed by atoms with Crippen LogP contribution in [0.5, 0.6) is 0 Å². The summed E-state index contributed by atoms with van der Waals surface area (Å²) in [4.78, 5) is 22.3. The van der Waals surface area contributed by atoms with Crippen LogP contribution in [0.2, 0.25) is 0 Å². The quantitative estimate of drug-likeness (QED) is 0.682. The van der Waals surface area contributed by atoms with Crippen LogP contribution in [0.3, 0.4) is 0 Å². The normalized spacial score (nSPS) is 17.6. The molecule has 19 heavy (non-hydrogen) atoms. The molecule has 0 spiro atoms. The zero-order chi connectivity index (χ0) is 13.7. The lowest BCUT2D eigenvalue weighted by atomic mass is 9.95. The predicted octanol–water partition coefficient (Wildman–Crippen LogP) is 0.682. The number of hydrogen-bond acceptors (Lipinski definition) is 3. The lowest BCUT2D eigenvalue weighted by Gasteiger charge is -2.25. The first-order valence-corrected chi connectivity index (χ1v) is 6.46. The van der Waals surface area contributed by atoms with E-state index in [1.807, 2.05) is 18.2 Å². The van der Waals surface area contributed by atoms with Crippen LogP contribution in [-0.4, -0.2) is 29.6 Å². The number of nitrogens with one attached hydrogen (secondary N) is 2. The Hall–Kier alpha value is -1.88. The summed E-state index contributed by atoms with van der Waals surface area (Å²) in [5.41, 5.74) is 2.43. The van der Waals surface area contributed by atoms with Crippen molar-refractivity contribution < 1.29 is 14.7 Å². The van der Waals surface area contributed by atoms with Crippen LogP contribution in [-0.2, 0) is 22.6 Å². The van der Waals surface area contributed by atoms with Crippen LogP contribution in [0.25, 0.3) is 0 Å². The van der Waals surface area contributed by atoms with Crippen molar-refractivity contribution >= 4 is 11.9 Å². The molecule has 1 atom stereocenters. The molecular weight excluding hydrogens is 244 g/mol. The average Bonchev–Trinajstić information content (AvgIpc) is 2.42. The van der Waals surface area contributed by atoms with E-state index in [0.29, 0.717) is 25.9 Å². The zero-order valence-electron chi connectivity index (χ0n) is 10.7. The second-order valence-electron chi connectivity index (χ2n) is 4.69. The van der Waals surface area contributed by atoms with Crippen LogP contribution in [0.15, 0.2) is 24.3 Å². The van der Waals surface area contributed by atoms with Crippen molar-refractivity contribution in [3.8, 4) is 0 Å². The van der Waals surface area contributed by atoms with Gasteiger partial charge in [-0.05, 0) is 24.0 Å². The monoisotopic (exact) mass is 262 g/mol. The molecule has 1 amide bonds. The van der Waals surface area contributed by atoms with Crippen molar-refractivity contribution in [2.24, 2.45) is 0 Å². The van der Waals surface area contributed by atoms with E-state index in [4.69, 9.17) is 5.11 Å². The standard InChI is InChI=1S/C14H18N2O3/c17-13(18)6-3-7-15-14(19)12-8-10-4-1-2-5-11(10)9-16-12/h1-2,4-5,12,16H,3,6-9H2,(H,15,19)(H,17,18)/t12-/m1/s1. The van der Waals surface area contributed by atoms with E-state index in [-0.39, 0.29) is 18.4 Å². The minimum atomic E-state index is -0.834. The van der Waals surface area contributed by atoms with Crippen molar-refractivity contribution in [2.45, 2.75) is 31.8 Å². The first-order valence-electron chi connectivity index (χ1n) is 6.46. The summed E-state index contributed by atoms with van der Waals surface area (Å²) >= 11 is 0. The smallest absolute Gasteiger partial charge is 0.303 e. The molecule has 0 unspecified atom stereocenters. The number of amides is 1. The largest absolute Gasteiger partial charge is 0.481 e. The maximum Gasteiger partial charge on any atom is 0.303 e. The maximum atomic E-state index is 11.9. The van der Waals surface area contributed by atoms with E-state index in [2.05, 4.69) is 16.7 Å². The number of carbonyl (C=O) groups is 2. The van der Waals surface area contributed by atoms with Gasteiger partial charge in [0.2, 0.25) is 5.91 Å². The fourth-order valence-corrected chi connectivity index (χ4v) is 2.21. The molecular formula is C14H18N2O3. The van der Waals surface area contributed by atoms with Crippen molar-refractivity contribution in [3.05, 3.63) is 35.4 Å². The summed E-state index contributed by atoms with van der Waals surface area (Å²) in [6.07, 6.45) is 1.23. The summed E-state index contributed by atoms with van der Waals surface area (Å²) in [6.45, 7) is 1.11. The molecule has 0 fully saturated rings. The van der Waals surface area contributed by atoms with Gasteiger partial charge in [0.1, 0.15) is 0 Å². The molecule has 102 valence electrons. The molecule has 1 aliphatic heterocycles. The van der Waals surface area contributed by atoms with Gasteiger partial charge < -0.3 is 15.7 Å².